The van der Waals surface area contributed by atoms with Crippen LogP contribution in [0.5, 0.6) is 0 Å². The van der Waals surface area contributed by atoms with E-state index in [4.69, 9.17) is 4.74 Å². The fourth-order valence-electron chi connectivity index (χ4n) is 2.70. The predicted octanol–water partition coefficient (Wildman–Crippen LogP) is 3.56. The van der Waals surface area contributed by atoms with Gasteiger partial charge in [0.2, 0.25) is 0 Å². The lowest BCUT2D eigenvalue weighted by molar-refractivity contribution is 0.0521. The Kier molecular flexibility index (Phi) is 5.19. The topological polar surface area (TPSA) is 51.2 Å². The minimum Gasteiger partial charge on any atom is -0.461 e. The quantitative estimate of drug-likeness (QED) is 0.839. The van der Waals surface area contributed by atoms with Crippen LogP contribution in [0.25, 0.3) is 0 Å². The maximum atomic E-state index is 11.7. The summed E-state index contributed by atoms with van der Waals surface area (Å²) in [6.07, 6.45) is 5.23. The van der Waals surface area contributed by atoms with Gasteiger partial charge in [0.15, 0.2) is 5.69 Å². The van der Waals surface area contributed by atoms with Crippen LogP contribution in [0.2, 0.25) is 0 Å². The monoisotopic (exact) mass is 282 g/mol. The van der Waals surface area contributed by atoms with Gasteiger partial charge >= 0.3 is 5.97 Å². The Hall–Kier alpha value is -1.10. The molecule has 1 aliphatic rings. The highest BCUT2D eigenvalue weighted by atomic mass is 32.1. The summed E-state index contributed by atoms with van der Waals surface area (Å²) < 4.78 is 5.00. The fraction of sp³-hybridized carbons (Fsp3) is 0.714. The van der Waals surface area contributed by atoms with Crippen LogP contribution in [0.1, 0.15) is 50.0 Å². The third-order valence-corrected chi connectivity index (χ3v) is 4.42. The zero-order valence-corrected chi connectivity index (χ0v) is 12.5. The van der Waals surface area contributed by atoms with Gasteiger partial charge in [-0.2, -0.15) is 0 Å². The Morgan fingerprint density at radius 1 is 1.58 bits per heavy atom. The molecule has 1 saturated carbocycles. The standard InChI is InChI=1S/C14H22N2O2S/c1-3-18-14(17)12-13(19-9-16-12)15-8-11-6-4-5-10(2)7-11/h9-11,15H,3-8H2,1-2H3. The van der Waals surface area contributed by atoms with Crippen molar-refractivity contribution in [2.45, 2.75) is 39.5 Å². The number of nitrogens with zero attached hydrogens (tertiary/aromatic N) is 1. The van der Waals surface area contributed by atoms with Crippen LogP contribution >= 0.6 is 11.3 Å². The van der Waals surface area contributed by atoms with Gasteiger partial charge in [-0.3, -0.25) is 0 Å². The lowest BCUT2D eigenvalue weighted by Crippen LogP contribution is -2.21. The van der Waals surface area contributed by atoms with Crippen molar-refractivity contribution in [1.29, 1.82) is 0 Å². The van der Waals surface area contributed by atoms with Gasteiger partial charge in [0, 0.05) is 6.54 Å². The number of hydrogen-bond donors (Lipinski definition) is 1. The number of thiazole rings is 1. The Bertz CT molecular complexity index is 419. The van der Waals surface area contributed by atoms with Crippen molar-refractivity contribution in [2.75, 3.05) is 18.5 Å². The van der Waals surface area contributed by atoms with Crippen LogP contribution in [-0.2, 0) is 4.74 Å². The van der Waals surface area contributed by atoms with E-state index in [1.165, 1.54) is 37.0 Å². The summed E-state index contributed by atoms with van der Waals surface area (Å²) in [4.78, 5) is 15.8. The molecule has 1 aromatic rings. The largest absolute Gasteiger partial charge is 0.461 e. The summed E-state index contributed by atoms with van der Waals surface area (Å²) in [6.45, 7) is 5.44. The molecule has 0 radical (unpaired) electrons. The number of hydrogen-bond acceptors (Lipinski definition) is 5. The highest BCUT2D eigenvalue weighted by Crippen LogP contribution is 2.29. The van der Waals surface area contributed by atoms with Crippen molar-refractivity contribution in [2.24, 2.45) is 11.8 Å². The van der Waals surface area contributed by atoms with Gasteiger partial charge in [0.05, 0.1) is 12.1 Å². The summed E-state index contributed by atoms with van der Waals surface area (Å²) in [6, 6.07) is 0. The van der Waals surface area contributed by atoms with Gasteiger partial charge in [-0.25, -0.2) is 9.78 Å². The molecule has 1 N–H and O–H groups in total. The highest BCUT2D eigenvalue weighted by molar-refractivity contribution is 7.14. The minimum atomic E-state index is -0.330. The minimum absolute atomic E-state index is 0.330. The molecular weight excluding hydrogens is 260 g/mol. The van der Waals surface area contributed by atoms with Crippen molar-refractivity contribution in [3.8, 4) is 0 Å². The van der Waals surface area contributed by atoms with Gasteiger partial charge in [-0.15, -0.1) is 11.3 Å². The predicted molar refractivity (Wildman–Crippen MR) is 77.7 cm³/mol. The highest BCUT2D eigenvalue weighted by Gasteiger charge is 2.21. The zero-order chi connectivity index (χ0) is 13.7. The summed E-state index contributed by atoms with van der Waals surface area (Å²) in [5.41, 5.74) is 2.12. The number of esters is 1. The Labute approximate surface area is 118 Å². The number of rotatable bonds is 5. The first-order valence-corrected chi connectivity index (χ1v) is 7.93. The van der Waals surface area contributed by atoms with E-state index in [1.54, 1.807) is 12.4 Å². The van der Waals surface area contributed by atoms with E-state index in [-0.39, 0.29) is 5.97 Å². The van der Waals surface area contributed by atoms with Crippen LogP contribution in [-0.4, -0.2) is 24.1 Å². The summed E-state index contributed by atoms with van der Waals surface area (Å²) >= 11 is 1.47. The van der Waals surface area contributed by atoms with Crippen LogP contribution in [0.15, 0.2) is 5.51 Å². The number of aromatic nitrogens is 1. The Morgan fingerprint density at radius 3 is 3.16 bits per heavy atom. The number of carbonyl (C=O) groups is 1. The van der Waals surface area contributed by atoms with Gasteiger partial charge in [-0.05, 0) is 31.6 Å². The van der Waals surface area contributed by atoms with Crippen LogP contribution < -0.4 is 5.32 Å². The summed E-state index contributed by atoms with van der Waals surface area (Å²) in [5, 5.41) is 4.22. The number of anilines is 1. The van der Waals surface area contributed by atoms with Crippen molar-refractivity contribution < 1.29 is 9.53 Å². The smallest absolute Gasteiger partial charge is 0.360 e. The molecular formula is C14H22N2O2S. The molecule has 5 heteroatoms. The van der Waals surface area contributed by atoms with Crippen LogP contribution in [0, 0.1) is 11.8 Å². The summed E-state index contributed by atoms with van der Waals surface area (Å²) in [7, 11) is 0. The van der Waals surface area contributed by atoms with Crippen molar-refractivity contribution in [1.82, 2.24) is 4.98 Å². The first-order valence-electron chi connectivity index (χ1n) is 7.05. The SMILES string of the molecule is CCOC(=O)c1ncsc1NCC1CCCC(C)C1. The molecule has 2 unspecified atom stereocenters. The van der Waals surface area contributed by atoms with E-state index in [1.807, 2.05) is 0 Å². The van der Waals surface area contributed by atoms with Crippen molar-refractivity contribution in [3.05, 3.63) is 11.2 Å². The molecule has 1 aromatic heterocycles. The van der Waals surface area contributed by atoms with Crippen LogP contribution in [0.3, 0.4) is 0 Å². The fourth-order valence-corrected chi connectivity index (χ4v) is 3.38. The molecule has 19 heavy (non-hydrogen) atoms. The van der Waals surface area contributed by atoms with Gasteiger partial charge < -0.3 is 10.1 Å². The first kappa shape index (κ1) is 14.3. The molecule has 1 fully saturated rings. The lowest BCUT2D eigenvalue weighted by atomic mass is 9.82. The first-order chi connectivity index (χ1) is 9.20. The molecule has 4 nitrogen and oxygen atoms in total. The number of ether oxygens (including phenoxy) is 1. The van der Waals surface area contributed by atoms with E-state index in [0.717, 1.165) is 17.5 Å². The van der Waals surface area contributed by atoms with Gasteiger partial charge in [-0.1, -0.05) is 19.8 Å². The average molecular weight is 282 g/mol. The molecule has 0 amide bonds. The van der Waals surface area contributed by atoms with E-state index in [9.17, 15) is 4.79 Å². The third kappa shape index (κ3) is 3.93. The molecule has 2 rings (SSSR count). The molecule has 1 heterocycles. The third-order valence-electron chi connectivity index (χ3n) is 3.63. The second-order valence-corrected chi connectivity index (χ2v) is 6.12. The number of carbonyl (C=O) groups excluding carboxylic acids is 1. The molecule has 0 saturated heterocycles. The lowest BCUT2D eigenvalue weighted by Gasteiger charge is -2.26. The Morgan fingerprint density at radius 2 is 2.42 bits per heavy atom. The average Bonchev–Trinajstić information content (AvgIpc) is 2.85. The molecule has 0 spiro atoms. The molecule has 1 aliphatic carbocycles. The van der Waals surface area contributed by atoms with Crippen molar-refractivity contribution in [3.63, 3.8) is 0 Å². The maximum Gasteiger partial charge on any atom is 0.360 e. The van der Waals surface area contributed by atoms with Gasteiger partial charge in [0.1, 0.15) is 5.00 Å². The van der Waals surface area contributed by atoms with E-state index >= 15 is 0 Å². The van der Waals surface area contributed by atoms with E-state index in [2.05, 4.69) is 17.2 Å². The normalized spacial score (nSPS) is 23.1. The van der Waals surface area contributed by atoms with Crippen LogP contribution in [0.4, 0.5) is 5.00 Å². The Balaban J connectivity index is 1.89. The maximum absolute atomic E-state index is 11.7. The molecule has 106 valence electrons. The van der Waals surface area contributed by atoms with E-state index in [0.29, 0.717) is 18.2 Å². The second-order valence-electron chi connectivity index (χ2n) is 5.27. The number of nitrogens with one attached hydrogen (secondary N) is 1. The van der Waals surface area contributed by atoms with Gasteiger partial charge in [0.25, 0.3) is 0 Å². The second kappa shape index (κ2) is 6.89. The van der Waals surface area contributed by atoms with E-state index < -0.39 is 0 Å². The molecule has 0 aromatic carbocycles. The molecule has 0 aliphatic heterocycles. The van der Waals surface area contributed by atoms with Crippen molar-refractivity contribution >= 4 is 22.3 Å². The molecule has 0 bridgehead atoms. The zero-order valence-electron chi connectivity index (χ0n) is 11.6. The molecule has 2 atom stereocenters. The summed E-state index contributed by atoms with van der Waals surface area (Å²) in [5.74, 6) is 1.20.